The van der Waals surface area contributed by atoms with Crippen LogP contribution in [0.1, 0.15) is 38.4 Å². The first-order valence-corrected chi connectivity index (χ1v) is 7.52. The van der Waals surface area contributed by atoms with Gasteiger partial charge >= 0.3 is 0 Å². The zero-order chi connectivity index (χ0) is 14.2. The third-order valence-corrected chi connectivity index (χ3v) is 4.62. The van der Waals surface area contributed by atoms with Crippen molar-refractivity contribution in [3.05, 3.63) is 29.8 Å². The second kappa shape index (κ2) is 5.17. The molecule has 1 aliphatic rings. The van der Waals surface area contributed by atoms with Crippen molar-refractivity contribution in [2.24, 2.45) is 11.1 Å². The van der Waals surface area contributed by atoms with Crippen LogP contribution in [-0.4, -0.2) is 16.1 Å². The summed E-state index contributed by atoms with van der Waals surface area (Å²) in [5, 5.41) is 0. The predicted molar refractivity (Wildman–Crippen MR) is 79.0 cm³/mol. The van der Waals surface area contributed by atoms with Crippen LogP contribution >= 0.6 is 0 Å². The highest BCUT2D eigenvalue weighted by atomic mass is 19.1. The van der Waals surface area contributed by atoms with Gasteiger partial charge in [-0.05, 0) is 49.4 Å². The largest absolute Gasteiger partial charge is 0.330 e. The van der Waals surface area contributed by atoms with Crippen molar-refractivity contribution in [2.75, 3.05) is 6.54 Å². The molecule has 108 valence electrons. The van der Waals surface area contributed by atoms with Gasteiger partial charge in [-0.2, -0.15) is 0 Å². The van der Waals surface area contributed by atoms with Gasteiger partial charge in [0.2, 0.25) is 0 Å². The van der Waals surface area contributed by atoms with Crippen molar-refractivity contribution in [1.29, 1.82) is 0 Å². The van der Waals surface area contributed by atoms with Crippen LogP contribution in [0.4, 0.5) is 4.39 Å². The second-order valence-corrected chi connectivity index (χ2v) is 6.05. The lowest BCUT2D eigenvalue weighted by Crippen LogP contribution is -2.39. The molecule has 1 saturated carbocycles. The van der Waals surface area contributed by atoms with Crippen molar-refractivity contribution in [1.82, 2.24) is 9.55 Å². The highest BCUT2D eigenvalue weighted by molar-refractivity contribution is 5.76. The van der Waals surface area contributed by atoms with E-state index in [1.54, 1.807) is 12.1 Å². The Hall–Kier alpha value is -1.42. The summed E-state index contributed by atoms with van der Waals surface area (Å²) >= 11 is 0. The fraction of sp³-hybridized carbons (Fsp3) is 0.562. The highest BCUT2D eigenvalue weighted by Gasteiger charge is 2.37. The number of fused-ring (bicyclic) bond motifs is 1. The monoisotopic (exact) mass is 275 g/mol. The number of nitrogens with zero attached hydrogens (tertiary/aromatic N) is 2. The summed E-state index contributed by atoms with van der Waals surface area (Å²) in [6.07, 6.45) is 5.57. The molecule has 0 atom stereocenters. The molecular formula is C16H22FN3. The Morgan fingerprint density at radius 2 is 2.20 bits per heavy atom. The van der Waals surface area contributed by atoms with Crippen LogP contribution in [0.25, 0.3) is 11.0 Å². The molecule has 2 aromatic rings. The summed E-state index contributed by atoms with van der Waals surface area (Å²) in [5.74, 6) is 0.871. The van der Waals surface area contributed by atoms with E-state index in [9.17, 15) is 4.39 Å². The highest BCUT2D eigenvalue weighted by Crippen LogP contribution is 2.42. The molecule has 3 rings (SSSR count). The fourth-order valence-corrected chi connectivity index (χ4v) is 3.22. The Morgan fingerprint density at radius 3 is 2.80 bits per heavy atom. The first kappa shape index (κ1) is 13.6. The summed E-state index contributed by atoms with van der Waals surface area (Å²) in [7, 11) is 0. The maximum atomic E-state index is 13.5. The number of aromatic nitrogens is 2. The maximum Gasteiger partial charge on any atom is 0.125 e. The van der Waals surface area contributed by atoms with Crippen LogP contribution in [0, 0.1) is 11.2 Å². The molecule has 1 aromatic heterocycles. The first-order valence-electron chi connectivity index (χ1n) is 7.52. The van der Waals surface area contributed by atoms with Gasteiger partial charge in [-0.1, -0.05) is 13.3 Å². The van der Waals surface area contributed by atoms with Crippen molar-refractivity contribution >= 4 is 11.0 Å². The van der Waals surface area contributed by atoms with Gasteiger partial charge in [0.15, 0.2) is 0 Å². The Morgan fingerprint density at radius 1 is 1.40 bits per heavy atom. The SMILES string of the molecule is CCCn1c(CC2(CN)CCC2)nc2ccc(F)cc21. The predicted octanol–water partition coefficient (Wildman–Crippen LogP) is 3.26. The number of halogens is 1. The van der Waals surface area contributed by atoms with E-state index in [-0.39, 0.29) is 11.2 Å². The lowest BCUT2D eigenvalue weighted by Gasteiger charge is -2.40. The molecule has 1 aliphatic carbocycles. The molecular weight excluding hydrogens is 253 g/mol. The van der Waals surface area contributed by atoms with Gasteiger partial charge in [-0.25, -0.2) is 9.37 Å². The number of hydrogen-bond donors (Lipinski definition) is 1. The molecule has 3 nitrogen and oxygen atoms in total. The molecule has 0 bridgehead atoms. The molecule has 0 radical (unpaired) electrons. The minimum Gasteiger partial charge on any atom is -0.330 e. The molecule has 1 aromatic carbocycles. The smallest absolute Gasteiger partial charge is 0.125 e. The zero-order valence-corrected chi connectivity index (χ0v) is 12.0. The van der Waals surface area contributed by atoms with Gasteiger partial charge in [0, 0.05) is 13.0 Å². The third kappa shape index (κ3) is 2.22. The molecule has 20 heavy (non-hydrogen) atoms. The minimum atomic E-state index is -0.196. The van der Waals surface area contributed by atoms with Gasteiger partial charge in [-0.3, -0.25) is 0 Å². The molecule has 4 heteroatoms. The summed E-state index contributed by atoms with van der Waals surface area (Å²) in [6, 6.07) is 4.85. The Balaban J connectivity index is 2.02. The fourth-order valence-electron chi connectivity index (χ4n) is 3.22. The third-order valence-electron chi connectivity index (χ3n) is 4.62. The molecule has 2 N–H and O–H groups in total. The van der Waals surface area contributed by atoms with E-state index in [0.717, 1.165) is 42.8 Å². The molecule has 0 aliphatic heterocycles. The number of nitrogens with two attached hydrogens (primary N) is 1. The Labute approximate surface area is 119 Å². The number of imidazole rings is 1. The van der Waals surface area contributed by atoms with E-state index in [2.05, 4.69) is 11.5 Å². The molecule has 1 heterocycles. The standard InChI is InChI=1S/C16H22FN3/c1-2-8-20-14-9-12(17)4-5-13(14)19-15(20)10-16(11-18)6-3-7-16/h4-5,9H,2-3,6-8,10-11,18H2,1H3. The summed E-state index contributed by atoms with van der Waals surface area (Å²) in [5.41, 5.74) is 7.99. The van der Waals surface area contributed by atoms with E-state index in [1.807, 2.05) is 0 Å². The topological polar surface area (TPSA) is 43.8 Å². The van der Waals surface area contributed by atoms with Crippen LogP contribution in [0.15, 0.2) is 18.2 Å². The maximum absolute atomic E-state index is 13.5. The lowest BCUT2D eigenvalue weighted by molar-refractivity contribution is 0.140. The second-order valence-electron chi connectivity index (χ2n) is 6.05. The van der Waals surface area contributed by atoms with Crippen LogP contribution in [0.3, 0.4) is 0 Å². The Kier molecular flexibility index (Phi) is 3.50. The molecule has 0 amide bonds. The summed E-state index contributed by atoms with van der Waals surface area (Å²) < 4.78 is 15.7. The average Bonchev–Trinajstić information content (AvgIpc) is 2.72. The number of benzene rings is 1. The molecule has 0 unspecified atom stereocenters. The lowest BCUT2D eigenvalue weighted by atomic mass is 9.66. The van der Waals surface area contributed by atoms with E-state index in [1.165, 1.54) is 25.3 Å². The van der Waals surface area contributed by atoms with Crippen LogP contribution in [0.2, 0.25) is 0 Å². The number of hydrogen-bond acceptors (Lipinski definition) is 2. The van der Waals surface area contributed by atoms with Crippen LogP contribution in [0.5, 0.6) is 0 Å². The average molecular weight is 275 g/mol. The van der Waals surface area contributed by atoms with Crippen molar-refractivity contribution in [3.63, 3.8) is 0 Å². The van der Waals surface area contributed by atoms with Gasteiger partial charge < -0.3 is 10.3 Å². The first-order chi connectivity index (χ1) is 9.67. The summed E-state index contributed by atoms with van der Waals surface area (Å²) in [6.45, 7) is 3.74. The molecule has 0 saturated heterocycles. The zero-order valence-electron chi connectivity index (χ0n) is 12.0. The summed E-state index contributed by atoms with van der Waals surface area (Å²) in [4.78, 5) is 4.73. The van der Waals surface area contributed by atoms with Crippen molar-refractivity contribution in [3.8, 4) is 0 Å². The van der Waals surface area contributed by atoms with E-state index in [4.69, 9.17) is 10.7 Å². The van der Waals surface area contributed by atoms with Gasteiger partial charge in [0.05, 0.1) is 11.0 Å². The van der Waals surface area contributed by atoms with Crippen LogP contribution in [-0.2, 0) is 13.0 Å². The van der Waals surface area contributed by atoms with Gasteiger partial charge in [0.25, 0.3) is 0 Å². The Bertz CT molecular complexity index is 608. The van der Waals surface area contributed by atoms with Crippen LogP contribution < -0.4 is 5.73 Å². The minimum absolute atomic E-state index is 0.196. The van der Waals surface area contributed by atoms with Crippen molar-refractivity contribution < 1.29 is 4.39 Å². The van der Waals surface area contributed by atoms with E-state index >= 15 is 0 Å². The number of aryl methyl sites for hydroxylation is 1. The van der Waals surface area contributed by atoms with Crippen molar-refractivity contribution in [2.45, 2.75) is 45.6 Å². The molecule has 0 spiro atoms. The van der Waals surface area contributed by atoms with Gasteiger partial charge in [-0.15, -0.1) is 0 Å². The quantitative estimate of drug-likeness (QED) is 0.910. The normalized spacial score (nSPS) is 17.4. The van der Waals surface area contributed by atoms with E-state index in [0.29, 0.717) is 0 Å². The van der Waals surface area contributed by atoms with E-state index < -0.39 is 0 Å². The van der Waals surface area contributed by atoms with Gasteiger partial charge in [0.1, 0.15) is 11.6 Å². The number of rotatable bonds is 5. The molecule has 1 fully saturated rings.